The van der Waals surface area contributed by atoms with Crippen LogP contribution >= 0.6 is 0 Å². The smallest absolute Gasteiger partial charge is 0.309 e. The van der Waals surface area contributed by atoms with Crippen molar-refractivity contribution in [3.05, 3.63) is 53.6 Å². The lowest BCUT2D eigenvalue weighted by Gasteiger charge is -2.28. The molecule has 1 aliphatic rings. The summed E-state index contributed by atoms with van der Waals surface area (Å²) < 4.78 is 16.2. The maximum absolute atomic E-state index is 13.0. The zero-order valence-electron chi connectivity index (χ0n) is 20.5. The Bertz CT molecular complexity index is 993. The van der Waals surface area contributed by atoms with Gasteiger partial charge >= 0.3 is 5.97 Å². The summed E-state index contributed by atoms with van der Waals surface area (Å²) in [6, 6.07) is 12.3. The SMILES string of the molecule is CCCN(C)C(=O)CN1CC(c2ccc(OC)cc2OC)[C@H](C(=O)O)[C@H]1c1ccc(OC)cc1. The van der Waals surface area contributed by atoms with Crippen LogP contribution in [-0.4, -0.2) is 74.8 Å². The molecule has 0 bridgehead atoms. The predicted molar refractivity (Wildman–Crippen MR) is 129 cm³/mol. The Morgan fingerprint density at radius 2 is 1.68 bits per heavy atom. The maximum Gasteiger partial charge on any atom is 0.309 e. The number of hydrogen-bond acceptors (Lipinski definition) is 6. The summed E-state index contributed by atoms with van der Waals surface area (Å²) in [7, 11) is 6.50. The Balaban J connectivity index is 2.06. The lowest BCUT2D eigenvalue weighted by Crippen LogP contribution is -2.39. The molecule has 2 aromatic rings. The number of likely N-dealkylation sites (N-methyl/N-ethyl adjacent to an activating group) is 1. The molecule has 1 heterocycles. The summed E-state index contributed by atoms with van der Waals surface area (Å²) in [6.07, 6.45) is 0.855. The van der Waals surface area contributed by atoms with E-state index in [0.717, 1.165) is 17.5 Å². The molecule has 0 radical (unpaired) electrons. The summed E-state index contributed by atoms with van der Waals surface area (Å²) in [5, 5.41) is 10.4. The standard InChI is InChI=1S/C26H34N2O6/c1-6-13-27(2)23(29)16-28-15-21(20-12-11-19(33-4)14-22(20)34-5)24(26(30)31)25(28)17-7-9-18(32-3)10-8-17/h7-12,14,21,24-25H,6,13,15-16H2,1-5H3,(H,30,31)/t21?,24-,25+/m0/s1. The van der Waals surface area contributed by atoms with Gasteiger partial charge in [0, 0.05) is 38.2 Å². The van der Waals surface area contributed by atoms with Crippen molar-refractivity contribution >= 4 is 11.9 Å². The molecule has 0 saturated carbocycles. The number of carboxylic acid groups (broad SMARTS) is 1. The molecule has 3 atom stereocenters. The quantitative estimate of drug-likeness (QED) is 0.569. The molecular formula is C26H34N2O6. The van der Waals surface area contributed by atoms with Crippen molar-refractivity contribution in [2.45, 2.75) is 25.3 Å². The van der Waals surface area contributed by atoms with Gasteiger partial charge in [0.05, 0.1) is 33.8 Å². The molecule has 1 fully saturated rings. The number of ether oxygens (including phenoxy) is 3. The van der Waals surface area contributed by atoms with Crippen LogP contribution in [0.25, 0.3) is 0 Å². The molecule has 2 aromatic carbocycles. The van der Waals surface area contributed by atoms with Crippen molar-refractivity contribution in [1.82, 2.24) is 9.80 Å². The fourth-order valence-electron chi connectivity index (χ4n) is 4.79. The van der Waals surface area contributed by atoms with Crippen LogP contribution in [0.5, 0.6) is 17.2 Å². The number of carbonyl (C=O) groups excluding carboxylic acids is 1. The number of rotatable bonds is 10. The number of nitrogens with zero attached hydrogens (tertiary/aromatic N) is 2. The van der Waals surface area contributed by atoms with Gasteiger partial charge in [-0.2, -0.15) is 0 Å². The van der Waals surface area contributed by atoms with Gasteiger partial charge in [0.25, 0.3) is 0 Å². The van der Waals surface area contributed by atoms with Crippen molar-refractivity contribution in [2.75, 3.05) is 48.0 Å². The van der Waals surface area contributed by atoms with Gasteiger partial charge in [-0.1, -0.05) is 25.1 Å². The topological polar surface area (TPSA) is 88.5 Å². The molecule has 1 saturated heterocycles. The largest absolute Gasteiger partial charge is 0.497 e. The van der Waals surface area contributed by atoms with E-state index in [0.29, 0.717) is 30.3 Å². The number of carboxylic acids is 1. The second kappa shape index (κ2) is 11.2. The Hall–Kier alpha value is -3.26. The highest BCUT2D eigenvalue weighted by molar-refractivity contribution is 5.79. The van der Waals surface area contributed by atoms with E-state index in [1.165, 1.54) is 0 Å². The van der Waals surface area contributed by atoms with Crippen LogP contribution in [-0.2, 0) is 9.59 Å². The van der Waals surface area contributed by atoms with E-state index in [2.05, 4.69) is 0 Å². The molecule has 1 N–H and O–H groups in total. The molecule has 34 heavy (non-hydrogen) atoms. The van der Waals surface area contributed by atoms with Crippen LogP contribution < -0.4 is 14.2 Å². The summed E-state index contributed by atoms with van der Waals surface area (Å²) in [5.74, 6) is -0.222. The van der Waals surface area contributed by atoms with Crippen LogP contribution in [0.3, 0.4) is 0 Å². The highest BCUT2D eigenvalue weighted by atomic mass is 16.5. The van der Waals surface area contributed by atoms with E-state index in [1.807, 2.05) is 48.2 Å². The van der Waals surface area contributed by atoms with E-state index in [9.17, 15) is 14.7 Å². The number of methoxy groups -OCH3 is 3. The number of carbonyl (C=O) groups is 2. The highest BCUT2D eigenvalue weighted by Crippen LogP contribution is 2.48. The summed E-state index contributed by atoms with van der Waals surface area (Å²) in [6.45, 7) is 3.21. The van der Waals surface area contributed by atoms with Crippen molar-refractivity contribution < 1.29 is 28.9 Å². The van der Waals surface area contributed by atoms with Crippen LogP contribution in [0.15, 0.2) is 42.5 Å². The van der Waals surface area contributed by atoms with Crippen molar-refractivity contribution in [3.8, 4) is 17.2 Å². The zero-order valence-corrected chi connectivity index (χ0v) is 20.5. The third-order valence-electron chi connectivity index (χ3n) is 6.50. The van der Waals surface area contributed by atoms with Gasteiger partial charge in [0.2, 0.25) is 5.91 Å². The minimum Gasteiger partial charge on any atom is -0.497 e. The van der Waals surface area contributed by atoms with Crippen molar-refractivity contribution in [2.24, 2.45) is 5.92 Å². The van der Waals surface area contributed by atoms with Gasteiger partial charge in [0.1, 0.15) is 17.2 Å². The first-order chi connectivity index (χ1) is 16.3. The van der Waals surface area contributed by atoms with E-state index < -0.39 is 17.9 Å². The Kier molecular flexibility index (Phi) is 8.39. The van der Waals surface area contributed by atoms with Crippen molar-refractivity contribution in [1.29, 1.82) is 0 Å². The fourth-order valence-corrected chi connectivity index (χ4v) is 4.79. The van der Waals surface area contributed by atoms with Gasteiger partial charge < -0.3 is 24.2 Å². The molecular weight excluding hydrogens is 436 g/mol. The summed E-state index contributed by atoms with van der Waals surface area (Å²) >= 11 is 0. The molecule has 0 spiro atoms. The second-order valence-electron chi connectivity index (χ2n) is 8.54. The first-order valence-corrected chi connectivity index (χ1v) is 11.4. The molecule has 1 unspecified atom stereocenters. The number of hydrogen-bond donors (Lipinski definition) is 1. The Labute approximate surface area is 201 Å². The van der Waals surface area contributed by atoms with Gasteiger partial charge in [0.15, 0.2) is 0 Å². The van der Waals surface area contributed by atoms with E-state index >= 15 is 0 Å². The number of likely N-dealkylation sites (tertiary alicyclic amines) is 1. The summed E-state index contributed by atoms with van der Waals surface area (Å²) in [4.78, 5) is 29.3. The van der Waals surface area contributed by atoms with E-state index in [4.69, 9.17) is 14.2 Å². The van der Waals surface area contributed by atoms with Crippen molar-refractivity contribution in [3.63, 3.8) is 0 Å². The molecule has 1 aliphatic heterocycles. The van der Waals surface area contributed by atoms with E-state index in [-0.39, 0.29) is 18.4 Å². The lowest BCUT2D eigenvalue weighted by atomic mass is 9.82. The van der Waals surface area contributed by atoms with Gasteiger partial charge in [-0.05, 0) is 35.7 Å². The first-order valence-electron chi connectivity index (χ1n) is 11.4. The van der Waals surface area contributed by atoms with Gasteiger partial charge in [-0.25, -0.2) is 0 Å². The monoisotopic (exact) mass is 470 g/mol. The van der Waals surface area contributed by atoms with Gasteiger partial charge in [-0.3, -0.25) is 14.5 Å². The molecule has 0 aromatic heterocycles. The maximum atomic E-state index is 13.0. The molecule has 3 rings (SSSR count). The summed E-state index contributed by atoms with van der Waals surface area (Å²) in [5.41, 5.74) is 1.61. The lowest BCUT2D eigenvalue weighted by molar-refractivity contribution is -0.143. The predicted octanol–water partition coefficient (Wildman–Crippen LogP) is 3.42. The average Bonchev–Trinajstić information content (AvgIpc) is 3.22. The molecule has 1 amide bonds. The zero-order chi connectivity index (χ0) is 24.8. The number of aliphatic carboxylic acids is 1. The normalized spacial score (nSPS) is 20.1. The van der Waals surface area contributed by atoms with Crippen LogP contribution in [0.4, 0.5) is 0 Å². The molecule has 8 nitrogen and oxygen atoms in total. The number of benzene rings is 2. The number of amides is 1. The third kappa shape index (κ3) is 5.28. The minimum absolute atomic E-state index is 0.0353. The fraction of sp³-hybridized carbons (Fsp3) is 0.462. The Morgan fingerprint density at radius 3 is 2.24 bits per heavy atom. The minimum atomic E-state index is -0.916. The van der Waals surface area contributed by atoms with Gasteiger partial charge in [-0.15, -0.1) is 0 Å². The molecule has 0 aliphatic carbocycles. The first kappa shape index (κ1) is 25.4. The van der Waals surface area contributed by atoms with Crippen LogP contribution in [0.1, 0.15) is 36.4 Å². The Morgan fingerprint density at radius 1 is 1.03 bits per heavy atom. The molecule has 184 valence electrons. The average molecular weight is 471 g/mol. The van der Waals surface area contributed by atoms with Crippen LogP contribution in [0.2, 0.25) is 0 Å². The molecule has 8 heteroatoms. The third-order valence-corrected chi connectivity index (χ3v) is 6.50. The van der Waals surface area contributed by atoms with Crippen LogP contribution in [0, 0.1) is 5.92 Å². The van der Waals surface area contributed by atoms with E-state index in [1.54, 1.807) is 39.3 Å². The highest BCUT2D eigenvalue weighted by Gasteiger charge is 2.48. The second-order valence-corrected chi connectivity index (χ2v) is 8.54.